The Balaban J connectivity index is 1.49. The van der Waals surface area contributed by atoms with E-state index >= 15 is 0 Å². The fourth-order valence-electron chi connectivity index (χ4n) is 4.51. The molecular formula is C24H26N6O3. The van der Waals surface area contributed by atoms with Crippen LogP contribution in [0.4, 0.5) is 11.4 Å². The number of nitrogens with one attached hydrogen (secondary N) is 1. The maximum Gasteiger partial charge on any atom is 0.261 e. The van der Waals surface area contributed by atoms with Gasteiger partial charge in [0, 0.05) is 43.4 Å². The molecule has 1 N–H and O–H groups in total. The first-order chi connectivity index (χ1) is 16.1. The molecule has 2 aromatic heterocycles. The second-order valence-electron chi connectivity index (χ2n) is 8.91. The van der Waals surface area contributed by atoms with Crippen molar-refractivity contribution in [3.8, 4) is 11.8 Å². The molecule has 33 heavy (non-hydrogen) atoms. The van der Waals surface area contributed by atoms with E-state index in [2.05, 4.69) is 33.3 Å². The van der Waals surface area contributed by atoms with Gasteiger partial charge < -0.3 is 19.7 Å². The Morgan fingerprint density at radius 1 is 1.33 bits per heavy atom. The molecule has 9 heteroatoms. The average Bonchev–Trinajstić information content (AvgIpc) is 3.27. The standard InChI is InChI=1S/C24H26N6O3/c1-24(4-2-5-25)14-17-12-19(20(13-21(17)33-16-24)29-8-10-32-11-9-29)28-23(31)18-15-27-30-7-3-6-26-22(18)30/h3,6-7,12-13,15H,2,4,8-11,14,16H2,1H3,(H,28,31)/t24-/m0/s1. The summed E-state index contributed by atoms with van der Waals surface area (Å²) in [4.78, 5) is 19.8. The summed E-state index contributed by atoms with van der Waals surface area (Å²) in [6.07, 6.45) is 6.99. The zero-order valence-electron chi connectivity index (χ0n) is 18.6. The molecule has 0 spiro atoms. The molecule has 1 aromatic carbocycles. The average molecular weight is 447 g/mol. The third-order valence-corrected chi connectivity index (χ3v) is 6.34. The van der Waals surface area contributed by atoms with Crippen molar-refractivity contribution in [3.05, 3.63) is 47.9 Å². The highest BCUT2D eigenvalue weighted by molar-refractivity contribution is 6.09. The molecular weight excluding hydrogens is 420 g/mol. The molecule has 0 unspecified atom stereocenters. The van der Waals surface area contributed by atoms with E-state index in [0.717, 1.165) is 48.6 Å². The predicted molar refractivity (Wildman–Crippen MR) is 123 cm³/mol. The van der Waals surface area contributed by atoms with Crippen molar-refractivity contribution in [1.29, 1.82) is 5.26 Å². The number of morpholine rings is 1. The number of nitrogens with zero attached hydrogens (tertiary/aromatic N) is 5. The summed E-state index contributed by atoms with van der Waals surface area (Å²) in [6, 6.07) is 8.05. The number of ether oxygens (including phenoxy) is 2. The molecule has 0 saturated carbocycles. The first-order valence-corrected chi connectivity index (χ1v) is 11.2. The van der Waals surface area contributed by atoms with Crippen LogP contribution < -0.4 is 15.0 Å². The summed E-state index contributed by atoms with van der Waals surface area (Å²) in [5.74, 6) is 0.573. The van der Waals surface area contributed by atoms with Crippen molar-refractivity contribution in [3.63, 3.8) is 0 Å². The summed E-state index contributed by atoms with van der Waals surface area (Å²) < 4.78 is 13.3. The summed E-state index contributed by atoms with van der Waals surface area (Å²) in [5, 5.41) is 16.4. The molecule has 1 saturated heterocycles. The minimum Gasteiger partial charge on any atom is -0.493 e. The normalized spacial score (nSPS) is 20.1. The third kappa shape index (κ3) is 4.22. The zero-order valence-corrected chi connectivity index (χ0v) is 18.6. The molecule has 2 aliphatic rings. The van der Waals surface area contributed by atoms with E-state index in [1.165, 1.54) is 6.20 Å². The van der Waals surface area contributed by atoms with Gasteiger partial charge in [0.25, 0.3) is 5.91 Å². The van der Waals surface area contributed by atoms with Gasteiger partial charge in [-0.2, -0.15) is 10.4 Å². The van der Waals surface area contributed by atoms with Crippen molar-refractivity contribution in [2.24, 2.45) is 5.41 Å². The number of hydrogen-bond donors (Lipinski definition) is 1. The van der Waals surface area contributed by atoms with Gasteiger partial charge in [0.1, 0.15) is 11.3 Å². The molecule has 1 fully saturated rings. The maximum absolute atomic E-state index is 13.2. The van der Waals surface area contributed by atoms with Gasteiger partial charge in [-0.05, 0) is 30.5 Å². The smallest absolute Gasteiger partial charge is 0.261 e. The highest BCUT2D eigenvalue weighted by atomic mass is 16.5. The minimum absolute atomic E-state index is 0.114. The van der Waals surface area contributed by atoms with Gasteiger partial charge in [-0.25, -0.2) is 9.50 Å². The molecule has 5 rings (SSSR count). The number of amides is 1. The highest BCUT2D eigenvalue weighted by Gasteiger charge is 2.33. The van der Waals surface area contributed by atoms with Crippen LogP contribution in [0.3, 0.4) is 0 Å². The van der Waals surface area contributed by atoms with E-state index in [1.807, 2.05) is 12.1 Å². The number of carbonyl (C=O) groups is 1. The molecule has 4 heterocycles. The third-order valence-electron chi connectivity index (χ3n) is 6.34. The van der Waals surface area contributed by atoms with Gasteiger partial charge in [-0.3, -0.25) is 4.79 Å². The van der Waals surface area contributed by atoms with Gasteiger partial charge in [0.05, 0.1) is 43.5 Å². The Hall–Kier alpha value is -3.64. The van der Waals surface area contributed by atoms with Crippen LogP contribution in [0.5, 0.6) is 5.75 Å². The van der Waals surface area contributed by atoms with Crippen LogP contribution in [-0.2, 0) is 11.2 Å². The second-order valence-corrected chi connectivity index (χ2v) is 8.91. The Morgan fingerprint density at radius 3 is 3.00 bits per heavy atom. The monoisotopic (exact) mass is 446 g/mol. The number of benzene rings is 1. The molecule has 0 radical (unpaired) electrons. The van der Waals surface area contributed by atoms with Gasteiger partial charge in [-0.1, -0.05) is 6.92 Å². The van der Waals surface area contributed by atoms with E-state index in [4.69, 9.17) is 14.7 Å². The van der Waals surface area contributed by atoms with Gasteiger partial charge >= 0.3 is 0 Å². The molecule has 3 aromatic rings. The van der Waals surface area contributed by atoms with Crippen LogP contribution in [0.25, 0.3) is 5.65 Å². The van der Waals surface area contributed by atoms with E-state index in [1.54, 1.807) is 23.0 Å². The lowest BCUT2D eigenvalue weighted by Gasteiger charge is -2.36. The van der Waals surface area contributed by atoms with Gasteiger partial charge in [-0.15, -0.1) is 0 Å². The van der Waals surface area contributed by atoms with E-state index in [-0.39, 0.29) is 11.3 Å². The molecule has 0 bridgehead atoms. The molecule has 1 amide bonds. The van der Waals surface area contributed by atoms with E-state index in [0.29, 0.717) is 37.5 Å². The van der Waals surface area contributed by atoms with Crippen molar-refractivity contribution in [2.45, 2.75) is 26.2 Å². The first kappa shape index (κ1) is 21.2. The van der Waals surface area contributed by atoms with Crippen LogP contribution in [0.1, 0.15) is 35.7 Å². The lowest BCUT2D eigenvalue weighted by atomic mass is 9.78. The number of nitriles is 1. The fourth-order valence-corrected chi connectivity index (χ4v) is 4.51. The number of hydrogen-bond acceptors (Lipinski definition) is 7. The summed E-state index contributed by atoms with van der Waals surface area (Å²) in [7, 11) is 0. The molecule has 0 aliphatic carbocycles. The van der Waals surface area contributed by atoms with Crippen LogP contribution in [0, 0.1) is 16.7 Å². The topological polar surface area (TPSA) is 105 Å². The lowest BCUT2D eigenvalue weighted by molar-refractivity contribution is 0.102. The molecule has 9 nitrogen and oxygen atoms in total. The number of aromatic nitrogens is 3. The lowest BCUT2D eigenvalue weighted by Crippen LogP contribution is -2.37. The number of fused-ring (bicyclic) bond motifs is 2. The van der Waals surface area contributed by atoms with Crippen molar-refractivity contribution in [2.75, 3.05) is 43.1 Å². The molecule has 1 atom stereocenters. The summed E-state index contributed by atoms with van der Waals surface area (Å²) in [6.45, 7) is 5.46. The van der Waals surface area contributed by atoms with Gasteiger partial charge in [0.2, 0.25) is 0 Å². The number of rotatable bonds is 5. The van der Waals surface area contributed by atoms with Crippen molar-refractivity contribution < 1.29 is 14.3 Å². The number of carbonyl (C=O) groups excluding carboxylic acids is 1. The van der Waals surface area contributed by atoms with Crippen LogP contribution >= 0.6 is 0 Å². The summed E-state index contributed by atoms with van der Waals surface area (Å²) in [5.41, 5.74) is 3.48. The van der Waals surface area contributed by atoms with Crippen molar-refractivity contribution >= 4 is 22.9 Å². The first-order valence-electron chi connectivity index (χ1n) is 11.2. The van der Waals surface area contributed by atoms with Crippen molar-refractivity contribution in [1.82, 2.24) is 14.6 Å². The quantitative estimate of drug-likeness (QED) is 0.642. The Labute approximate surface area is 191 Å². The highest BCUT2D eigenvalue weighted by Crippen LogP contribution is 2.42. The van der Waals surface area contributed by atoms with E-state index < -0.39 is 0 Å². The minimum atomic E-state index is -0.262. The second kappa shape index (κ2) is 8.71. The fraction of sp³-hybridized carbons (Fsp3) is 0.417. The zero-order chi connectivity index (χ0) is 22.8. The predicted octanol–water partition coefficient (Wildman–Crippen LogP) is 3.06. The SMILES string of the molecule is C[C@@]1(CCC#N)COc2cc(N3CCOCC3)c(NC(=O)c3cnn4cccnc34)cc2C1. The Bertz CT molecular complexity index is 1230. The van der Waals surface area contributed by atoms with Crippen LogP contribution in [0.2, 0.25) is 0 Å². The summed E-state index contributed by atoms with van der Waals surface area (Å²) >= 11 is 0. The maximum atomic E-state index is 13.2. The Morgan fingerprint density at radius 2 is 2.18 bits per heavy atom. The van der Waals surface area contributed by atoms with Crippen LogP contribution in [-0.4, -0.2) is 53.4 Å². The Kier molecular flexibility index (Phi) is 5.60. The van der Waals surface area contributed by atoms with Crippen LogP contribution in [0.15, 0.2) is 36.8 Å². The van der Waals surface area contributed by atoms with Gasteiger partial charge in [0.15, 0.2) is 5.65 Å². The number of anilines is 2. The largest absolute Gasteiger partial charge is 0.493 e. The molecule has 2 aliphatic heterocycles. The molecule has 170 valence electrons. The van der Waals surface area contributed by atoms with E-state index in [9.17, 15) is 4.79 Å².